The molecule has 6 nitrogen and oxygen atoms in total. The van der Waals surface area contributed by atoms with Crippen LogP contribution in [0.15, 0.2) is 18.2 Å². The van der Waals surface area contributed by atoms with Gasteiger partial charge in [-0.15, -0.1) is 0 Å². The monoisotopic (exact) mass is 346 g/mol. The van der Waals surface area contributed by atoms with Gasteiger partial charge in [0.15, 0.2) is 0 Å². The van der Waals surface area contributed by atoms with E-state index >= 15 is 0 Å². The number of hydrogen-bond donors (Lipinski definition) is 2. The van der Waals surface area contributed by atoms with Gasteiger partial charge in [0.1, 0.15) is 24.0 Å². The number of aliphatic hydroxyl groups excluding tert-OH is 1. The van der Waals surface area contributed by atoms with Crippen LogP contribution in [0.4, 0.5) is 4.79 Å². The SMILES string of the molecule is CC1(C)NC(=O)N(C[C@H](O)COc2cc(Cl)ccc2Cl)C1=O. The Hall–Kier alpha value is -1.50. The molecule has 0 unspecified atom stereocenters. The lowest BCUT2D eigenvalue weighted by Crippen LogP contribution is -2.42. The van der Waals surface area contributed by atoms with Crippen LogP contribution in [0.3, 0.4) is 0 Å². The number of aliphatic hydroxyl groups is 1. The lowest BCUT2D eigenvalue weighted by atomic mass is 10.1. The fourth-order valence-electron chi connectivity index (χ4n) is 2.02. The van der Waals surface area contributed by atoms with E-state index in [1.807, 2.05) is 0 Å². The molecular formula is C14H16Cl2N2O4. The highest BCUT2D eigenvalue weighted by molar-refractivity contribution is 6.34. The van der Waals surface area contributed by atoms with Crippen molar-refractivity contribution in [1.29, 1.82) is 0 Å². The zero-order valence-electron chi connectivity index (χ0n) is 12.1. The predicted molar refractivity (Wildman–Crippen MR) is 82.3 cm³/mol. The number of rotatable bonds is 5. The molecule has 0 radical (unpaired) electrons. The highest BCUT2D eigenvalue weighted by Crippen LogP contribution is 2.27. The predicted octanol–water partition coefficient (Wildman–Crippen LogP) is 2.06. The number of carbonyl (C=O) groups is 2. The maximum absolute atomic E-state index is 12.0. The van der Waals surface area contributed by atoms with Crippen LogP contribution in [0.25, 0.3) is 0 Å². The summed E-state index contributed by atoms with van der Waals surface area (Å²) in [4.78, 5) is 24.7. The molecule has 120 valence electrons. The summed E-state index contributed by atoms with van der Waals surface area (Å²) in [7, 11) is 0. The normalized spacial score (nSPS) is 18.3. The number of imide groups is 1. The van der Waals surface area contributed by atoms with Crippen LogP contribution in [0, 0.1) is 0 Å². The lowest BCUT2D eigenvalue weighted by molar-refractivity contribution is -0.131. The van der Waals surface area contributed by atoms with Gasteiger partial charge in [0.05, 0.1) is 11.6 Å². The fourth-order valence-corrected chi connectivity index (χ4v) is 2.36. The molecule has 0 spiro atoms. The number of urea groups is 1. The zero-order chi connectivity index (χ0) is 16.5. The molecule has 8 heteroatoms. The van der Waals surface area contributed by atoms with Gasteiger partial charge in [-0.25, -0.2) is 4.79 Å². The molecule has 0 aliphatic carbocycles. The quantitative estimate of drug-likeness (QED) is 0.800. The summed E-state index contributed by atoms with van der Waals surface area (Å²) in [6.07, 6.45) is -1.04. The molecule has 0 saturated carbocycles. The molecule has 3 amide bonds. The minimum Gasteiger partial charge on any atom is -0.489 e. The topological polar surface area (TPSA) is 78.9 Å². The summed E-state index contributed by atoms with van der Waals surface area (Å²) < 4.78 is 5.38. The van der Waals surface area contributed by atoms with Crippen molar-refractivity contribution >= 4 is 35.1 Å². The van der Waals surface area contributed by atoms with Crippen molar-refractivity contribution in [2.45, 2.75) is 25.5 Å². The molecule has 1 atom stereocenters. The van der Waals surface area contributed by atoms with Gasteiger partial charge in [-0.05, 0) is 26.0 Å². The average Bonchev–Trinajstić information content (AvgIpc) is 2.62. The molecule has 1 saturated heterocycles. The highest BCUT2D eigenvalue weighted by atomic mass is 35.5. The Morgan fingerprint density at radius 3 is 2.64 bits per heavy atom. The van der Waals surface area contributed by atoms with Crippen LogP contribution >= 0.6 is 23.2 Å². The number of β-amino-alcohol motifs (C(OH)–C–C–N with tert-alkyl or cyclic N) is 1. The van der Waals surface area contributed by atoms with Crippen molar-refractivity contribution in [3.05, 3.63) is 28.2 Å². The van der Waals surface area contributed by atoms with E-state index in [0.717, 1.165) is 4.90 Å². The first-order chi connectivity index (χ1) is 10.2. The van der Waals surface area contributed by atoms with E-state index in [1.54, 1.807) is 26.0 Å². The number of carbonyl (C=O) groups excluding carboxylic acids is 2. The second-order valence-corrected chi connectivity index (χ2v) is 6.35. The van der Waals surface area contributed by atoms with Crippen LogP contribution in [0.5, 0.6) is 5.75 Å². The standard InChI is InChI=1S/C14H16Cl2N2O4/c1-14(2)12(20)18(13(21)17-14)6-9(19)7-22-11-5-8(15)3-4-10(11)16/h3-5,9,19H,6-7H2,1-2H3,(H,17,21)/t9-/m0/s1. The van der Waals surface area contributed by atoms with Crippen LogP contribution in [0.2, 0.25) is 10.0 Å². The summed E-state index contributed by atoms with van der Waals surface area (Å²) in [6, 6.07) is 4.18. The zero-order valence-corrected chi connectivity index (χ0v) is 13.6. The van der Waals surface area contributed by atoms with E-state index in [1.165, 1.54) is 6.07 Å². The average molecular weight is 347 g/mol. The maximum atomic E-state index is 12.0. The first-order valence-corrected chi connectivity index (χ1v) is 7.36. The molecule has 0 bridgehead atoms. The van der Waals surface area contributed by atoms with Crippen LogP contribution in [0.1, 0.15) is 13.8 Å². The Labute approximate surface area is 137 Å². The van der Waals surface area contributed by atoms with Crippen molar-refractivity contribution in [3.8, 4) is 5.75 Å². The number of benzene rings is 1. The number of nitrogens with one attached hydrogen (secondary N) is 1. The number of ether oxygens (including phenoxy) is 1. The number of hydrogen-bond acceptors (Lipinski definition) is 4. The fraction of sp³-hybridized carbons (Fsp3) is 0.429. The minimum atomic E-state index is -1.04. The maximum Gasteiger partial charge on any atom is 0.325 e. The number of nitrogens with zero attached hydrogens (tertiary/aromatic N) is 1. The minimum absolute atomic E-state index is 0.127. The lowest BCUT2D eigenvalue weighted by Gasteiger charge is -2.19. The van der Waals surface area contributed by atoms with E-state index < -0.39 is 23.6 Å². The van der Waals surface area contributed by atoms with Crippen molar-refractivity contribution in [1.82, 2.24) is 10.2 Å². The van der Waals surface area contributed by atoms with Gasteiger partial charge in [0.2, 0.25) is 0 Å². The van der Waals surface area contributed by atoms with Crippen LogP contribution in [-0.2, 0) is 4.79 Å². The number of amides is 3. The van der Waals surface area contributed by atoms with E-state index in [9.17, 15) is 14.7 Å². The molecule has 1 aromatic rings. The number of halogens is 2. The van der Waals surface area contributed by atoms with Crippen molar-refractivity contribution in [2.75, 3.05) is 13.2 Å². The Bertz CT molecular complexity index is 607. The van der Waals surface area contributed by atoms with Gasteiger partial charge in [0.25, 0.3) is 5.91 Å². The first kappa shape index (κ1) is 16.9. The van der Waals surface area contributed by atoms with Crippen LogP contribution < -0.4 is 10.1 Å². The Morgan fingerprint density at radius 1 is 1.36 bits per heavy atom. The molecule has 1 aliphatic heterocycles. The largest absolute Gasteiger partial charge is 0.489 e. The Kier molecular flexibility index (Phi) is 4.84. The molecule has 1 aliphatic rings. The van der Waals surface area contributed by atoms with Gasteiger partial charge in [0, 0.05) is 11.1 Å². The molecule has 1 heterocycles. The first-order valence-electron chi connectivity index (χ1n) is 6.61. The summed E-state index contributed by atoms with van der Waals surface area (Å²) in [6.45, 7) is 2.91. The second kappa shape index (κ2) is 6.32. The molecule has 2 rings (SSSR count). The van der Waals surface area contributed by atoms with Gasteiger partial charge >= 0.3 is 6.03 Å². The van der Waals surface area contributed by atoms with Crippen molar-refractivity contribution < 1.29 is 19.4 Å². The highest BCUT2D eigenvalue weighted by Gasteiger charge is 2.44. The van der Waals surface area contributed by atoms with Crippen molar-refractivity contribution in [3.63, 3.8) is 0 Å². The molecule has 2 N–H and O–H groups in total. The van der Waals surface area contributed by atoms with E-state index in [-0.39, 0.29) is 13.2 Å². The van der Waals surface area contributed by atoms with Gasteiger partial charge in [-0.3, -0.25) is 9.69 Å². The third kappa shape index (κ3) is 3.63. The van der Waals surface area contributed by atoms with Gasteiger partial charge in [-0.1, -0.05) is 23.2 Å². The summed E-state index contributed by atoms with van der Waals surface area (Å²) in [5.74, 6) is -0.0666. The molecule has 0 aromatic heterocycles. The smallest absolute Gasteiger partial charge is 0.325 e. The molecule has 1 aromatic carbocycles. The van der Waals surface area contributed by atoms with E-state index in [0.29, 0.717) is 15.8 Å². The van der Waals surface area contributed by atoms with Crippen LogP contribution in [-0.4, -0.2) is 46.7 Å². The Balaban J connectivity index is 1.94. The third-order valence-corrected chi connectivity index (χ3v) is 3.71. The van der Waals surface area contributed by atoms with E-state index in [4.69, 9.17) is 27.9 Å². The molecule has 1 fully saturated rings. The summed E-state index contributed by atoms with van der Waals surface area (Å²) in [5.41, 5.74) is -0.964. The van der Waals surface area contributed by atoms with Gasteiger partial charge < -0.3 is 15.2 Å². The summed E-state index contributed by atoms with van der Waals surface area (Å²) in [5, 5.41) is 13.3. The van der Waals surface area contributed by atoms with Gasteiger partial charge in [-0.2, -0.15) is 0 Å². The second-order valence-electron chi connectivity index (χ2n) is 5.51. The summed E-state index contributed by atoms with van der Waals surface area (Å²) >= 11 is 11.8. The third-order valence-electron chi connectivity index (χ3n) is 3.16. The molecular weight excluding hydrogens is 331 g/mol. The molecule has 22 heavy (non-hydrogen) atoms. The van der Waals surface area contributed by atoms with E-state index in [2.05, 4.69) is 5.32 Å². The van der Waals surface area contributed by atoms with Crippen molar-refractivity contribution in [2.24, 2.45) is 0 Å². The Morgan fingerprint density at radius 2 is 2.05 bits per heavy atom.